The van der Waals surface area contributed by atoms with Crippen LogP contribution in [0.25, 0.3) is 0 Å². The SMILES string of the molecule is C[C@@H]1CN(c2nc(C(C)(C)C)cs2)C[C@H](C)O1. The monoisotopic (exact) mass is 254 g/mol. The molecule has 1 aliphatic heterocycles. The van der Waals surface area contributed by atoms with Crippen LogP contribution < -0.4 is 4.90 Å². The van der Waals surface area contributed by atoms with Gasteiger partial charge in [-0.2, -0.15) is 0 Å². The van der Waals surface area contributed by atoms with Crippen LogP contribution in [0.4, 0.5) is 5.13 Å². The molecule has 1 saturated heterocycles. The third-order valence-electron chi connectivity index (χ3n) is 2.95. The summed E-state index contributed by atoms with van der Waals surface area (Å²) >= 11 is 1.75. The first-order valence-electron chi connectivity index (χ1n) is 6.22. The van der Waals surface area contributed by atoms with Gasteiger partial charge in [-0.3, -0.25) is 0 Å². The molecule has 2 atom stereocenters. The van der Waals surface area contributed by atoms with Gasteiger partial charge in [0.15, 0.2) is 5.13 Å². The molecule has 1 aliphatic rings. The molecule has 2 rings (SSSR count). The van der Waals surface area contributed by atoms with Gasteiger partial charge in [-0.25, -0.2) is 4.98 Å². The van der Waals surface area contributed by atoms with Gasteiger partial charge >= 0.3 is 0 Å². The second-order valence-electron chi connectivity index (χ2n) is 5.93. The Morgan fingerprint density at radius 1 is 1.29 bits per heavy atom. The smallest absolute Gasteiger partial charge is 0.185 e. The van der Waals surface area contributed by atoms with Crippen LogP contribution in [-0.4, -0.2) is 30.3 Å². The topological polar surface area (TPSA) is 25.4 Å². The van der Waals surface area contributed by atoms with Gasteiger partial charge in [-0.05, 0) is 13.8 Å². The normalized spacial score (nSPS) is 26.3. The molecule has 0 bridgehead atoms. The number of nitrogens with zero attached hydrogens (tertiary/aromatic N) is 2. The van der Waals surface area contributed by atoms with Gasteiger partial charge in [-0.1, -0.05) is 20.8 Å². The van der Waals surface area contributed by atoms with E-state index in [1.165, 1.54) is 5.69 Å². The first kappa shape index (κ1) is 12.8. The molecule has 0 saturated carbocycles. The molecule has 4 heteroatoms. The zero-order chi connectivity index (χ0) is 12.6. The fourth-order valence-electron chi connectivity index (χ4n) is 2.09. The van der Waals surface area contributed by atoms with E-state index >= 15 is 0 Å². The Morgan fingerprint density at radius 3 is 2.35 bits per heavy atom. The van der Waals surface area contributed by atoms with E-state index in [0.29, 0.717) is 12.2 Å². The number of rotatable bonds is 1. The van der Waals surface area contributed by atoms with Crippen molar-refractivity contribution < 1.29 is 4.74 Å². The summed E-state index contributed by atoms with van der Waals surface area (Å²) in [6.07, 6.45) is 0.585. The largest absolute Gasteiger partial charge is 0.372 e. The average molecular weight is 254 g/mol. The minimum Gasteiger partial charge on any atom is -0.372 e. The van der Waals surface area contributed by atoms with Gasteiger partial charge in [0.05, 0.1) is 17.9 Å². The maximum absolute atomic E-state index is 5.75. The lowest BCUT2D eigenvalue weighted by Crippen LogP contribution is -2.45. The summed E-state index contributed by atoms with van der Waals surface area (Å²) in [6.45, 7) is 12.8. The standard InChI is InChI=1S/C13H22N2OS/c1-9-6-15(7-10(2)16-9)12-14-11(8-17-12)13(3,4)5/h8-10H,6-7H2,1-5H3/t9-,10+. The van der Waals surface area contributed by atoms with Crippen molar-refractivity contribution in [3.63, 3.8) is 0 Å². The van der Waals surface area contributed by atoms with Crippen molar-refractivity contribution in [2.24, 2.45) is 0 Å². The molecular formula is C13H22N2OS. The van der Waals surface area contributed by atoms with E-state index < -0.39 is 0 Å². The van der Waals surface area contributed by atoms with Crippen LogP contribution in [-0.2, 0) is 10.2 Å². The molecule has 17 heavy (non-hydrogen) atoms. The van der Waals surface area contributed by atoms with Crippen LogP contribution in [0.15, 0.2) is 5.38 Å². The maximum Gasteiger partial charge on any atom is 0.185 e. The number of thiazole rings is 1. The number of anilines is 1. The highest BCUT2D eigenvalue weighted by molar-refractivity contribution is 7.13. The Bertz CT molecular complexity index is 373. The third-order valence-corrected chi connectivity index (χ3v) is 3.85. The molecule has 0 unspecified atom stereocenters. The lowest BCUT2D eigenvalue weighted by molar-refractivity contribution is -0.00523. The average Bonchev–Trinajstić information content (AvgIpc) is 2.63. The van der Waals surface area contributed by atoms with Gasteiger partial charge in [-0.15, -0.1) is 11.3 Å². The van der Waals surface area contributed by atoms with Crippen LogP contribution >= 0.6 is 11.3 Å². The van der Waals surface area contributed by atoms with Crippen molar-refractivity contribution in [3.05, 3.63) is 11.1 Å². The van der Waals surface area contributed by atoms with E-state index in [-0.39, 0.29) is 5.41 Å². The van der Waals surface area contributed by atoms with E-state index in [9.17, 15) is 0 Å². The Labute approximate surface area is 108 Å². The van der Waals surface area contributed by atoms with Crippen molar-refractivity contribution in [2.45, 2.75) is 52.2 Å². The molecule has 3 nitrogen and oxygen atoms in total. The van der Waals surface area contributed by atoms with Gasteiger partial charge < -0.3 is 9.64 Å². The minimum atomic E-state index is 0.137. The van der Waals surface area contributed by atoms with Gasteiger partial charge in [0.1, 0.15) is 0 Å². The minimum absolute atomic E-state index is 0.137. The van der Waals surface area contributed by atoms with Crippen molar-refractivity contribution in [1.82, 2.24) is 4.98 Å². The lowest BCUT2D eigenvalue weighted by atomic mass is 9.93. The van der Waals surface area contributed by atoms with Crippen LogP contribution in [0, 0.1) is 0 Å². The third kappa shape index (κ3) is 2.99. The fraction of sp³-hybridized carbons (Fsp3) is 0.769. The van der Waals surface area contributed by atoms with E-state index in [1.54, 1.807) is 11.3 Å². The molecule has 1 aromatic heterocycles. The summed E-state index contributed by atoms with van der Waals surface area (Å²) in [5, 5.41) is 3.32. The Morgan fingerprint density at radius 2 is 1.88 bits per heavy atom. The maximum atomic E-state index is 5.75. The molecule has 0 radical (unpaired) electrons. The first-order valence-corrected chi connectivity index (χ1v) is 7.10. The van der Waals surface area contributed by atoms with Crippen molar-refractivity contribution in [1.29, 1.82) is 0 Å². The lowest BCUT2D eigenvalue weighted by Gasteiger charge is -2.35. The first-order chi connectivity index (χ1) is 7.86. The predicted molar refractivity (Wildman–Crippen MR) is 73.0 cm³/mol. The molecule has 0 amide bonds. The molecule has 0 N–H and O–H groups in total. The van der Waals surface area contributed by atoms with Crippen LogP contribution in [0.5, 0.6) is 0 Å². The van der Waals surface area contributed by atoms with Crippen molar-refractivity contribution in [3.8, 4) is 0 Å². The molecule has 0 spiro atoms. The second-order valence-corrected chi connectivity index (χ2v) is 6.76. The van der Waals surface area contributed by atoms with E-state index in [0.717, 1.165) is 18.2 Å². The number of hydrogen-bond acceptors (Lipinski definition) is 4. The van der Waals surface area contributed by atoms with E-state index in [1.807, 2.05) is 0 Å². The number of ether oxygens (including phenoxy) is 1. The van der Waals surface area contributed by atoms with Gasteiger partial charge in [0.25, 0.3) is 0 Å². The summed E-state index contributed by atoms with van der Waals surface area (Å²) in [4.78, 5) is 7.11. The van der Waals surface area contributed by atoms with E-state index in [2.05, 4.69) is 44.9 Å². The molecule has 0 aliphatic carbocycles. The summed E-state index contributed by atoms with van der Waals surface area (Å²) in [7, 11) is 0. The Balaban J connectivity index is 2.14. The zero-order valence-corrected chi connectivity index (χ0v) is 12.2. The van der Waals surface area contributed by atoms with Gasteiger partial charge in [0.2, 0.25) is 0 Å². The summed E-state index contributed by atoms with van der Waals surface area (Å²) in [6, 6.07) is 0. The summed E-state index contributed by atoms with van der Waals surface area (Å²) in [5.74, 6) is 0. The molecule has 96 valence electrons. The number of aromatic nitrogens is 1. The number of morpholine rings is 1. The number of hydrogen-bond donors (Lipinski definition) is 0. The zero-order valence-electron chi connectivity index (χ0n) is 11.4. The summed E-state index contributed by atoms with van der Waals surface area (Å²) < 4.78 is 5.75. The van der Waals surface area contributed by atoms with Crippen molar-refractivity contribution >= 4 is 16.5 Å². The fourth-order valence-corrected chi connectivity index (χ4v) is 3.16. The van der Waals surface area contributed by atoms with Crippen molar-refractivity contribution in [2.75, 3.05) is 18.0 Å². The quantitative estimate of drug-likeness (QED) is 0.770. The molecule has 1 aromatic rings. The highest BCUT2D eigenvalue weighted by Gasteiger charge is 2.25. The second kappa shape index (κ2) is 4.58. The summed E-state index contributed by atoms with van der Waals surface area (Å²) in [5.41, 5.74) is 1.32. The molecular weight excluding hydrogens is 232 g/mol. The van der Waals surface area contributed by atoms with Gasteiger partial charge in [0, 0.05) is 23.9 Å². The van der Waals surface area contributed by atoms with E-state index in [4.69, 9.17) is 9.72 Å². The van der Waals surface area contributed by atoms with Crippen LogP contribution in [0.1, 0.15) is 40.3 Å². The molecule has 0 aromatic carbocycles. The Hall–Kier alpha value is -0.610. The van der Waals surface area contributed by atoms with Crippen LogP contribution in [0.2, 0.25) is 0 Å². The highest BCUT2D eigenvalue weighted by atomic mass is 32.1. The highest BCUT2D eigenvalue weighted by Crippen LogP contribution is 2.30. The van der Waals surface area contributed by atoms with Crippen LogP contribution in [0.3, 0.4) is 0 Å². The molecule has 2 heterocycles. The Kier molecular flexibility index (Phi) is 3.46. The molecule has 1 fully saturated rings. The predicted octanol–water partition coefficient (Wildman–Crippen LogP) is 3.05.